The van der Waals surface area contributed by atoms with Gasteiger partial charge in [0.05, 0.1) is 56.1 Å². The predicted molar refractivity (Wildman–Crippen MR) is 283 cm³/mol. The minimum atomic E-state index is -2.03. The molecule has 0 spiro atoms. The lowest BCUT2D eigenvalue weighted by atomic mass is 9.33. The Morgan fingerprint density at radius 2 is 1.19 bits per heavy atom. The van der Waals surface area contributed by atoms with Gasteiger partial charge in [-0.1, -0.05) is 59.3 Å². The van der Waals surface area contributed by atoms with E-state index >= 15 is 0 Å². The molecule has 4 saturated heterocycles. The molecule has 9 rings (SSSR count). The molecule has 0 unspecified atom stereocenters. The molecule has 0 aromatic rings. The average Bonchev–Trinajstić information content (AvgIpc) is 0.863. The van der Waals surface area contributed by atoms with Gasteiger partial charge in [-0.15, -0.1) is 0 Å². The first-order chi connectivity index (χ1) is 39.0. The first-order valence-electron chi connectivity index (χ1n) is 29.5. The second-order valence-electron chi connectivity index (χ2n) is 27.1. The maximum absolute atomic E-state index is 14.2. The highest BCUT2D eigenvalue weighted by Gasteiger charge is 2.73. The van der Waals surface area contributed by atoms with Gasteiger partial charge in [0.1, 0.15) is 104 Å². The van der Waals surface area contributed by atoms with E-state index in [0.717, 1.165) is 11.9 Å². The van der Waals surface area contributed by atoms with Crippen LogP contribution in [0.5, 0.6) is 0 Å². The summed E-state index contributed by atoms with van der Waals surface area (Å²) in [6.07, 6.45) is -28.7. The van der Waals surface area contributed by atoms with E-state index in [1.165, 1.54) is 0 Å². The molecule has 83 heavy (non-hydrogen) atoms. The number of aliphatic hydroxyl groups excluding tert-OH is 14. The number of carbonyl (C=O) groups excluding carboxylic acids is 2. The van der Waals surface area contributed by atoms with Crippen molar-refractivity contribution < 1.29 is 124 Å². The molecule has 25 heteroatoms. The summed E-state index contributed by atoms with van der Waals surface area (Å²) >= 11 is 0. The normalized spacial score (nSPS) is 52.7. The molecule has 25 nitrogen and oxygen atoms in total. The number of allylic oxidation sites excluding steroid dienone is 3. The Kier molecular flexibility index (Phi) is 19.1. The SMILES string of the molecule is C/C=C(/C)C(=O)O[C@H]1CC(C)(C)C[C@H]2C3=CC[C@@H]4[C@@]5(C)CC[C@H](O[C@@H]6O[C@H](CO)[C@@H](O)[C@H](O[C@@H]7OC[C@H](O)[C@H](O)[C@H]7O[C@@H]7O[C@H](CO)[C@@H](O)[C@H](O)[C@H]7O)[C@H]6O[C@@H]6O[C@H](CO)[C@H](O)[C@H](O)[C@H]6O)[C@@](C)(C=O)[C@@H]5CC[C@@]4(C)[C@]3(C)C[C@@H](O)[C@@]12CO. The molecule has 0 aromatic carbocycles. The van der Waals surface area contributed by atoms with Crippen LogP contribution in [-0.2, 0) is 52.2 Å². The molecule has 474 valence electrons. The molecule has 30 atom stereocenters. The summed E-state index contributed by atoms with van der Waals surface area (Å²) in [6, 6.07) is 0. The number of ether oxygens (including phenoxy) is 9. The largest absolute Gasteiger partial charge is 0.458 e. The third-order valence-electron chi connectivity index (χ3n) is 22.1. The fraction of sp³-hybridized carbons (Fsp3) is 0.897. The number of hydrogen-bond acceptors (Lipinski definition) is 25. The van der Waals surface area contributed by atoms with Crippen LogP contribution in [0.1, 0.15) is 107 Å². The topological polar surface area (TPSA) is 400 Å². The van der Waals surface area contributed by atoms with Gasteiger partial charge in [0.15, 0.2) is 25.2 Å². The van der Waals surface area contributed by atoms with Gasteiger partial charge in [-0.3, -0.25) is 0 Å². The first kappa shape index (κ1) is 65.2. The van der Waals surface area contributed by atoms with Crippen molar-refractivity contribution in [1.82, 2.24) is 0 Å². The van der Waals surface area contributed by atoms with Crippen LogP contribution in [0.2, 0.25) is 0 Å². The minimum Gasteiger partial charge on any atom is -0.458 e. The highest BCUT2D eigenvalue weighted by Crippen LogP contribution is 2.76. The maximum atomic E-state index is 14.2. The molecular formula is C58H92O25. The summed E-state index contributed by atoms with van der Waals surface area (Å²) in [4.78, 5) is 27.6. The summed E-state index contributed by atoms with van der Waals surface area (Å²) in [5.41, 5.74) is -2.83. The zero-order valence-electron chi connectivity index (χ0n) is 48.6. The second-order valence-corrected chi connectivity index (χ2v) is 27.1. The van der Waals surface area contributed by atoms with Crippen molar-refractivity contribution in [3.8, 4) is 0 Å². The Labute approximate surface area is 483 Å². The van der Waals surface area contributed by atoms with E-state index in [0.29, 0.717) is 50.5 Å². The van der Waals surface area contributed by atoms with E-state index in [4.69, 9.17) is 42.6 Å². The Balaban J connectivity index is 1.04. The lowest BCUT2D eigenvalue weighted by Crippen LogP contribution is -2.70. The van der Waals surface area contributed by atoms with Crippen LogP contribution in [0, 0.1) is 50.2 Å². The van der Waals surface area contributed by atoms with Crippen LogP contribution in [0.3, 0.4) is 0 Å². The number of fused-ring (bicyclic) bond motifs is 7. The second kappa shape index (κ2) is 24.3. The zero-order chi connectivity index (χ0) is 60.8. The monoisotopic (exact) mass is 1190 g/mol. The van der Waals surface area contributed by atoms with Crippen LogP contribution in [-0.4, -0.2) is 252 Å². The fourth-order valence-corrected chi connectivity index (χ4v) is 16.9. The zero-order valence-corrected chi connectivity index (χ0v) is 48.6. The standard InChI is InChI=1S/C58H92O25/c1-9-25(2)48(74)79-36-18-53(3,4)16-27-26-10-11-33-54(5)14-13-35(55(6,23-62)32(54)12-15-56(33,7)57(26,8)17-34(65)58(27,36)24-63)80-52-47(83-50-44(73)42(71)39(68)30(20-60)77-50)45(40(69)31(21-61)78-52)81-51-46(37(66)28(64)22-75-51)82-49-43(72)41(70)38(67)29(19-59)76-49/h9-10,23,27-47,49-52,59-61,63-73H,11-22,24H2,1-8H3/b25-9-/t27-,28-,29+,30+,31+,32+,33+,34+,35-,36-,37-,38+,39-,40+,41-,42-,43+,44+,45-,46+,47+,49-,50-,51-,52-,54-,55-,56+,57+,58-/m0/s1. The molecule has 8 fully saturated rings. The third-order valence-corrected chi connectivity index (χ3v) is 22.1. The Morgan fingerprint density at radius 3 is 1.76 bits per heavy atom. The van der Waals surface area contributed by atoms with Gasteiger partial charge >= 0.3 is 5.97 Å². The molecule has 4 aliphatic heterocycles. The summed E-state index contributed by atoms with van der Waals surface area (Å²) in [7, 11) is 0. The van der Waals surface area contributed by atoms with E-state index in [1.807, 2.05) is 0 Å². The number of aldehydes is 1. The number of hydrogen-bond donors (Lipinski definition) is 14. The van der Waals surface area contributed by atoms with E-state index in [2.05, 4.69) is 40.7 Å². The minimum absolute atomic E-state index is 0.0541. The van der Waals surface area contributed by atoms with Crippen LogP contribution in [0.4, 0.5) is 0 Å². The van der Waals surface area contributed by atoms with Crippen molar-refractivity contribution in [2.24, 2.45) is 50.2 Å². The molecule has 0 aromatic heterocycles. The van der Waals surface area contributed by atoms with Crippen LogP contribution < -0.4 is 0 Å². The molecule has 9 aliphatic rings. The fourth-order valence-electron chi connectivity index (χ4n) is 16.9. The Bertz CT molecular complexity index is 2360. The Morgan fingerprint density at radius 1 is 0.627 bits per heavy atom. The van der Waals surface area contributed by atoms with Crippen LogP contribution in [0.25, 0.3) is 0 Å². The summed E-state index contributed by atoms with van der Waals surface area (Å²) in [5.74, 6) is -1.23. The highest BCUT2D eigenvalue weighted by molar-refractivity contribution is 5.87. The lowest BCUT2D eigenvalue weighted by Gasteiger charge is -2.72. The molecule has 0 bridgehead atoms. The van der Waals surface area contributed by atoms with Crippen molar-refractivity contribution in [3.63, 3.8) is 0 Å². The third kappa shape index (κ3) is 10.7. The van der Waals surface area contributed by atoms with Gasteiger partial charge in [-0.05, 0) is 105 Å². The lowest BCUT2D eigenvalue weighted by molar-refractivity contribution is -0.403. The highest BCUT2D eigenvalue weighted by atomic mass is 16.8. The average molecular weight is 1190 g/mol. The quantitative estimate of drug-likeness (QED) is 0.0270. The van der Waals surface area contributed by atoms with Crippen molar-refractivity contribution >= 4 is 12.3 Å². The van der Waals surface area contributed by atoms with Gasteiger partial charge in [-0.2, -0.15) is 0 Å². The molecule has 0 amide bonds. The molecule has 5 aliphatic carbocycles. The predicted octanol–water partition coefficient (Wildman–Crippen LogP) is -2.29. The number of carbonyl (C=O) groups is 2. The molecule has 4 saturated carbocycles. The van der Waals surface area contributed by atoms with Gasteiger partial charge in [0, 0.05) is 5.57 Å². The van der Waals surface area contributed by atoms with Gasteiger partial charge in [0.25, 0.3) is 0 Å². The van der Waals surface area contributed by atoms with Crippen molar-refractivity contribution in [2.75, 3.05) is 33.0 Å². The van der Waals surface area contributed by atoms with Crippen molar-refractivity contribution in [1.29, 1.82) is 0 Å². The van der Waals surface area contributed by atoms with Crippen molar-refractivity contribution in [3.05, 3.63) is 23.3 Å². The van der Waals surface area contributed by atoms with Gasteiger partial charge in [0.2, 0.25) is 0 Å². The van der Waals surface area contributed by atoms with E-state index in [-0.39, 0.29) is 36.2 Å². The van der Waals surface area contributed by atoms with Gasteiger partial charge < -0.3 is 119 Å². The number of esters is 1. The van der Waals surface area contributed by atoms with Crippen LogP contribution >= 0.6 is 0 Å². The summed E-state index contributed by atoms with van der Waals surface area (Å²) in [5, 5.41) is 154. The van der Waals surface area contributed by atoms with E-state index in [1.54, 1.807) is 26.8 Å². The number of rotatable bonds is 15. The Hall–Kier alpha value is -2.26. The van der Waals surface area contributed by atoms with E-state index < -0.39 is 195 Å². The molecular weight excluding hydrogens is 1100 g/mol. The van der Waals surface area contributed by atoms with Gasteiger partial charge in [-0.25, -0.2) is 4.79 Å². The molecule has 0 radical (unpaired) electrons. The van der Waals surface area contributed by atoms with E-state index in [9.17, 15) is 81.1 Å². The summed E-state index contributed by atoms with van der Waals surface area (Å²) < 4.78 is 55.3. The smallest absolute Gasteiger partial charge is 0.333 e. The molecule has 4 heterocycles. The van der Waals surface area contributed by atoms with Crippen LogP contribution in [0.15, 0.2) is 23.3 Å². The first-order valence-corrected chi connectivity index (χ1v) is 29.5. The van der Waals surface area contributed by atoms with Crippen molar-refractivity contribution in [2.45, 2.75) is 242 Å². The summed E-state index contributed by atoms with van der Waals surface area (Å²) in [6.45, 7) is 12.6. The maximum Gasteiger partial charge on any atom is 0.333 e. The number of aliphatic hydroxyl groups is 14. The molecule has 14 N–H and O–H groups in total.